The van der Waals surface area contributed by atoms with E-state index >= 15 is 0 Å². The summed E-state index contributed by atoms with van der Waals surface area (Å²) in [6, 6.07) is 0. The fourth-order valence-corrected chi connectivity index (χ4v) is 1.28. The molecule has 0 unspecified atom stereocenters. The molecule has 7 nitrogen and oxygen atoms in total. The third-order valence-corrected chi connectivity index (χ3v) is 2.41. The van der Waals surface area contributed by atoms with E-state index in [-0.39, 0.29) is 32.4 Å². The van der Waals surface area contributed by atoms with Crippen molar-refractivity contribution in [1.82, 2.24) is 0 Å². The lowest BCUT2D eigenvalue weighted by molar-refractivity contribution is -0.297. The number of carbonyl (C=O) groups is 1. The predicted molar refractivity (Wildman–Crippen MR) is 59.2 cm³/mol. The number of hydrogen-bond donors (Lipinski definition) is 2. The lowest BCUT2D eigenvalue weighted by atomic mass is 10.4. The molecule has 0 spiro atoms. The molecule has 0 atom stereocenters. The summed E-state index contributed by atoms with van der Waals surface area (Å²) >= 11 is 0. The van der Waals surface area contributed by atoms with Crippen molar-refractivity contribution in [3.8, 4) is 0 Å². The van der Waals surface area contributed by atoms with Gasteiger partial charge in [0.05, 0.1) is 12.8 Å². The molecule has 0 aromatic heterocycles. The lowest BCUT2D eigenvalue weighted by Gasteiger charge is -2.06. The Morgan fingerprint density at radius 2 is 1.82 bits per heavy atom. The molecule has 2 N–H and O–H groups in total. The van der Waals surface area contributed by atoms with Gasteiger partial charge in [0.2, 0.25) is 0 Å². The van der Waals surface area contributed by atoms with Gasteiger partial charge in [-0.15, -0.1) is 0 Å². The molecule has 17 heavy (non-hydrogen) atoms. The second-order valence-corrected chi connectivity index (χ2v) is 5.08. The Kier molecular flexibility index (Phi) is 8.03. The van der Waals surface area contributed by atoms with Gasteiger partial charge in [0.1, 0.15) is 13.2 Å². The molecule has 0 aromatic rings. The minimum atomic E-state index is -3.97. The van der Waals surface area contributed by atoms with Crippen LogP contribution in [0.4, 0.5) is 0 Å². The fraction of sp³-hybridized carbons (Fsp3) is 0.667. The molecule has 100 valence electrons. The highest BCUT2D eigenvalue weighted by Gasteiger charge is 2.11. The van der Waals surface area contributed by atoms with E-state index in [0.29, 0.717) is 5.57 Å². The molecule has 0 aromatic carbocycles. The van der Waals surface area contributed by atoms with Crippen molar-refractivity contribution in [2.24, 2.45) is 0 Å². The Bertz CT molecular complexity index is 296. The van der Waals surface area contributed by atoms with E-state index in [2.05, 4.69) is 16.4 Å². The molecule has 0 radical (unpaired) electrons. The van der Waals surface area contributed by atoms with E-state index in [1.165, 1.54) is 6.92 Å². The molecule has 0 aliphatic rings. The van der Waals surface area contributed by atoms with Gasteiger partial charge in [-0.2, -0.15) is 0 Å². The van der Waals surface area contributed by atoms with Crippen molar-refractivity contribution in [3.05, 3.63) is 12.2 Å². The van der Waals surface area contributed by atoms with Crippen LogP contribution in [0.2, 0.25) is 0 Å². The summed E-state index contributed by atoms with van der Waals surface area (Å²) in [6.07, 6.45) is -0.0587. The Labute approximate surface area is 99.5 Å². The topological polar surface area (TPSA) is 102 Å². The average Bonchev–Trinajstić information content (AvgIpc) is 2.19. The summed E-state index contributed by atoms with van der Waals surface area (Å²) in [5, 5.41) is 0. The van der Waals surface area contributed by atoms with Crippen molar-refractivity contribution in [2.45, 2.75) is 13.3 Å². The van der Waals surface area contributed by atoms with Gasteiger partial charge < -0.3 is 14.5 Å². The van der Waals surface area contributed by atoms with Crippen LogP contribution >= 0.6 is 7.60 Å². The first kappa shape index (κ1) is 16.3. The molecule has 0 bridgehead atoms. The van der Waals surface area contributed by atoms with Gasteiger partial charge >= 0.3 is 13.6 Å². The second-order valence-electron chi connectivity index (χ2n) is 3.30. The smallest absolute Gasteiger partial charge is 0.333 e. The van der Waals surface area contributed by atoms with Crippen LogP contribution in [-0.2, 0) is 23.9 Å². The summed E-state index contributed by atoms with van der Waals surface area (Å²) in [5.41, 5.74) is 0.299. The monoisotopic (exact) mass is 268 g/mol. The Hall–Kier alpha value is -0.720. The van der Waals surface area contributed by atoms with Gasteiger partial charge in [0.15, 0.2) is 0 Å². The van der Waals surface area contributed by atoms with E-state index in [1.807, 2.05) is 0 Å². The van der Waals surface area contributed by atoms with Crippen molar-refractivity contribution >= 4 is 13.6 Å². The summed E-state index contributed by atoms with van der Waals surface area (Å²) in [7, 11) is -3.97. The van der Waals surface area contributed by atoms with Crippen LogP contribution in [-0.4, -0.2) is 41.7 Å². The average molecular weight is 268 g/mol. The van der Waals surface area contributed by atoms with Crippen molar-refractivity contribution in [1.29, 1.82) is 0 Å². The van der Waals surface area contributed by atoms with Crippen molar-refractivity contribution in [3.63, 3.8) is 0 Å². The minimum absolute atomic E-state index is 0.0319. The molecule has 0 amide bonds. The first-order valence-electron chi connectivity index (χ1n) is 4.94. The Morgan fingerprint density at radius 3 is 2.35 bits per heavy atom. The van der Waals surface area contributed by atoms with Crippen molar-refractivity contribution in [2.75, 3.05) is 26.0 Å². The maximum atomic E-state index is 10.9. The van der Waals surface area contributed by atoms with Gasteiger partial charge in [-0.25, -0.2) is 14.6 Å². The lowest BCUT2D eigenvalue weighted by Crippen LogP contribution is -2.11. The standard InChI is InChI=1S/C9H17O7P/c1-8(2)9(10)14-5-6-16-15-4-3-7-17(11,12)13/h1,3-7H2,2H3,(H2,11,12,13). The van der Waals surface area contributed by atoms with Gasteiger partial charge in [0.25, 0.3) is 0 Å². The molecule has 0 saturated carbocycles. The molecular weight excluding hydrogens is 251 g/mol. The number of ether oxygens (including phenoxy) is 1. The van der Waals surface area contributed by atoms with Crippen LogP contribution in [0.3, 0.4) is 0 Å². The molecule has 0 rings (SSSR count). The molecule has 0 aliphatic heterocycles. The van der Waals surface area contributed by atoms with Crippen LogP contribution in [0.15, 0.2) is 12.2 Å². The van der Waals surface area contributed by atoms with Crippen LogP contribution in [0.1, 0.15) is 13.3 Å². The second kappa shape index (κ2) is 8.38. The highest BCUT2D eigenvalue weighted by molar-refractivity contribution is 7.51. The number of carbonyl (C=O) groups excluding carboxylic acids is 1. The molecule has 0 fully saturated rings. The quantitative estimate of drug-likeness (QED) is 0.158. The van der Waals surface area contributed by atoms with E-state index in [1.54, 1.807) is 0 Å². The number of hydrogen-bond acceptors (Lipinski definition) is 5. The predicted octanol–water partition coefficient (Wildman–Crippen LogP) is 0.622. The molecule has 0 heterocycles. The maximum absolute atomic E-state index is 10.9. The first-order chi connectivity index (χ1) is 7.83. The fourth-order valence-electron chi connectivity index (χ4n) is 0.739. The third kappa shape index (κ3) is 11.5. The Balaban J connectivity index is 3.28. The summed E-state index contributed by atoms with van der Waals surface area (Å²) in [5.74, 6) is -0.505. The van der Waals surface area contributed by atoms with E-state index in [0.717, 1.165) is 0 Å². The highest BCUT2D eigenvalue weighted by Crippen LogP contribution is 2.34. The van der Waals surface area contributed by atoms with Gasteiger partial charge in [-0.3, -0.25) is 4.57 Å². The molecular formula is C9H17O7P. The number of rotatable bonds is 9. The largest absolute Gasteiger partial charge is 0.460 e. The SMILES string of the molecule is C=C(C)C(=O)OCCOOCCCP(=O)(O)O. The summed E-state index contributed by atoms with van der Waals surface area (Å²) < 4.78 is 15.1. The normalized spacial score (nSPS) is 11.2. The summed E-state index contributed by atoms with van der Waals surface area (Å²) in [4.78, 5) is 37.2. The van der Waals surface area contributed by atoms with Crippen molar-refractivity contribution < 1.29 is 33.7 Å². The van der Waals surface area contributed by atoms with Crippen LogP contribution < -0.4 is 0 Å². The maximum Gasteiger partial charge on any atom is 0.333 e. The zero-order valence-corrected chi connectivity index (χ0v) is 10.5. The molecule has 8 heteroatoms. The van der Waals surface area contributed by atoms with Crippen LogP contribution in [0, 0.1) is 0 Å². The van der Waals surface area contributed by atoms with E-state index < -0.39 is 13.6 Å². The van der Waals surface area contributed by atoms with E-state index in [9.17, 15) is 9.36 Å². The zero-order chi connectivity index (χ0) is 13.3. The first-order valence-corrected chi connectivity index (χ1v) is 6.74. The van der Waals surface area contributed by atoms with Gasteiger partial charge in [0, 0.05) is 5.57 Å². The van der Waals surface area contributed by atoms with Crippen LogP contribution in [0.25, 0.3) is 0 Å². The molecule has 0 saturated heterocycles. The third-order valence-electron chi connectivity index (χ3n) is 1.51. The van der Waals surface area contributed by atoms with Gasteiger partial charge in [-0.05, 0) is 13.3 Å². The minimum Gasteiger partial charge on any atom is -0.460 e. The Morgan fingerprint density at radius 1 is 1.24 bits per heavy atom. The summed E-state index contributed by atoms with van der Waals surface area (Å²) in [6.45, 7) is 5.08. The zero-order valence-electron chi connectivity index (χ0n) is 9.63. The number of esters is 1. The van der Waals surface area contributed by atoms with Gasteiger partial charge in [-0.1, -0.05) is 6.58 Å². The highest BCUT2D eigenvalue weighted by atomic mass is 31.2. The van der Waals surface area contributed by atoms with Crippen LogP contribution in [0.5, 0.6) is 0 Å². The van der Waals surface area contributed by atoms with E-state index in [4.69, 9.17) is 14.5 Å². The molecule has 0 aliphatic carbocycles.